The monoisotopic (exact) mass is 402 g/mol. The van der Waals surface area contributed by atoms with E-state index in [1.807, 2.05) is 67.6 Å². The lowest BCUT2D eigenvalue weighted by molar-refractivity contribution is -0.151. The maximum absolute atomic E-state index is 12.4. The molecule has 6 nitrogen and oxygen atoms in total. The summed E-state index contributed by atoms with van der Waals surface area (Å²) in [5, 5.41) is 4.71. The molecule has 1 aliphatic rings. The molecule has 1 atom stereocenters. The minimum Gasteiger partial charge on any atom is -0.455 e. The van der Waals surface area contributed by atoms with Crippen LogP contribution in [0.4, 0.5) is 11.4 Å². The molecule has 1 fully saturated rings. The van der Waals surface area contributed by atoms with E-state index >= 15 is 0 Å². The number of hydrogen-bond acceptors (Lipinski definition) is 4. The molecule has 3 aromatic rings. The number of fused-ring (bicyclic) bond motifs is 1. The van der Waals surface area contributed by atoms with Gasteiger partial charge in [-0.1, -0.05) is 48.5 Å². The van der Waals surface area contributed by atoms with E-state index in [1.165, 1.54) is 0 Å². The molecule has 1 N–H and O–H groups in total. The molecule has 1 aliphatic heterocycles. The molecule has 0 unspecified atom stereocenters. The van der Waals surface area contributed by atoms with Crippen LogP contribution in [0.1, 0.15) is 12.0 Å². The first-order valence-electron chi connectivity index (χ1n) is 9.82. The molecule has 4 rings (SSSR count). The van der Waals surface area contributed by atoms with Gasteiger partial charge in [0.25, 0.3) is 5.91 Å². The molecular weight excluding hydrogens is 380 g/mol. The lowest BCUT2D eigenvalue weighted by atomic mass is 10.1. The van der Waals surface area contributed by atoms with Crippen molar-refractivity contribution in [3.05, 3.63) is 72.3 Å². The number of nitrogens with one attached hydrogen (secondary N) is 1. The van der Waals surface area contributed by atoms with Crippen molar-refractivity contribution >= 4 is 39.9 Å². The topological polar surface area (TPSA) is 75.7 Å². The number of carbonyl (C=O) groups excluding carboxylic acids is 3. The predicted molar refractivity (Wildman–Crippen MR) is 115 cm³/mol. The van der Waals surface area contributed by atoms with Crippen molar-refractivity contribution in [1.29, 1.82) is 0 Å². The molecular formula is C24H22N2O4. The number of anilines is 2. The molecule has 6 heteroatoms. The number of aryl methyl sites for hydroxylation is 1. The van der Waals surface area contributed by atoms with E-state index in [0.29, 0.717) is 5.69 Å². The van der Waals surface area contributed by atoms with Crippen LogP contribution in [0, 0.1) is 12.8 Å². The fourth-order valence-electron chi connectivity index (χ4n) is 3.69. The van der Waals surface area contributed by atoms with Crippen molar-refractivity contribution in [2.75, 3.05) is 23.4 Å². The van der Waals surface area contributed by atoms with Crippen molar-refractivity contribution in [3.63, 3.8) is 0 Å². The summed E-state index contributed by atoms with van der Waals surface area (Å²) in [6.45, 7) is 1.81. The fraction of sp³-hybridized carbons (Fsp3) is 0.208. The Morgan fingerprint density at radius 1 is 1.07 bits per heavy atom. The summed E-state index contributed by atoms with van der Waals surface area (Å²) < 4.78 is 5.20. The average molecular weight is 402 g/mol. The van der Waals surface area contributed by atoms with E-state index in [1.54, 1.807) is 11.0 Å². The predicted octanol–water partition coefficient (Wildman–Crippen LogP) is 3.68. The van der Waals surface area contributed by atoms with Crippen molar-refractivity contribution in [2.24, 2.45) is 5.92 Å². The van der Waals surface area contributed by atoms with Crippen LogP contribution in [0.5, 0.6) is 0 Å². The van der Waals surface area contributed by atoms with Crippen molar-refractivity contribution in [1.82, 2.24) is 0 Å². The van der Waals surface area contributed by atoms with Gasteiger partial charge in [-0.2, -0.15) is 0 Å². The van der Waals surface area contributed by atoms with Gasteiger partial charge in [-0.05, 0) is 36.1 Å². The number of ether oxygens (including phenoxy) is 1. The maximum Gasteiger partial charge on any atom is 0.311 e. The van der Waals surface area contributed by atoms with E-state index in [4.69, 9.17) is 4.74 Å². The third-order valence-corrected chi connectivity index (χ3v) is 5.18. The Kier molecular flexibility index (Phi) is 5.48. The molecule has 0 spiro atoms. The largest absolute Gasteiger partial charge is 0.455 e. The molecule has 0 aromatic heterocycles. The summed E-state index contributed by atoms with van der Waals surface area (Å²) in [6, 6.07) is 20.9. The van der Waals surface area contributed by atoms with Crippen LogP contribution in [-0.4, -0.2) is 30.9 Å². The Bertz CT molecular complexity index is 1120. The number of nitrogens with zero attached hydrogens (tertiary/aromatic N) is 1. The van der Waals surface area contributed by atoms with Crippen molar-refractivity contribution < 1.29 is 19.1 Å². The minimum absolute atomic E-state index is 0.0811. The standard InChI is InChI=1S/C24H22N2O4/c1-16-6-4-9-19(12-16)26-14-18(13-23(26)28)24(29)30-15-22(27)25-21-11-5-8-17-7-2-3-10-20(17)21/h2-12,18H,13-15H2,1H3,(H,25,27)/t18-/m0/s1. The molecule has 2 amide bonds. The Labute approximate surface area is 174 Å². The third kappa shape index (κ3) is 4.17. The Balaban J connectivity index is 1.34. The smallest absolute Gasteiger partial charge is 0.311 e. The molecule has 3 aromatic carbocycles. The zero-order valence-electron chi connectivity index (χ0n) is 16.6. The highest BCUT2D eigenvalue weighted by Gasteiger charge is 2.36. The normalized spacial score (nSPS) is 16.0. The van der Waals surface area contributed by atoms with E-state index in [2.05, 4.69) is 5.32 Å². The molecule has 1 heterocycles. The first-order chi connectivity index (χ1) is 14.5. The van der Waals surface area contributed by atoms with Crippen molar-refractivity contribution in [3.8, 4) is 0 Å². The molecule has 0 aliphatic carbocycles. The molecule has 30 heavy (non-hydrogen) atoms. The summed E-state index contributed by atoms with van der Waals surface area (Å²) in [4.78, 5) is 38.7. The van der Waals surface area contributed by atoms with Crippen LogP contribution in [0.3, 0.4) is 0 Å². The van der Waals surface area contributed by atoms with E-state index < -0.39 is 24.4 Å². The van der Waals surface area contributed by atoms with Crippen LogP contribution < -0.4 is 10.2 Å². The number of amides is 2. The number of benzene rings is 3. The number of esters is 1. The van der Waals surface area contributed by atoms with Gasteiger partial charge < -0.3 is 15.0 Å². The molecule has 1 saturated heterocycles. The van der Waals surface area contributed by atoms with Crippen LogP contribution >= 0.6 is 0 Å². The highest BCUT2D eigenvalue weighted by Crippen LogP contribution is 2.27. The van der Waals surface area contributed by atoms with Gasteiger partial charge in [-0.3, -0.25) is 14.4 Å². The van der Waals surface area contributed by atoms with Gasteiger partial charge in [0.2, 0.25) is 5.91 Å². The Morgan fingerprint density at radius 3 is 2.67 bits per heavy atom. The number of hydrogen-bond donors (Lipinski definition) is 1. The first kappa shape index (κ1) is 19.6. The van der Waals surface area contributed by atoms with Gasteiger partial charge in [0.05, 0.1) is 5.92 Å². The third-order valence-electron chi connectivity index (χ3n) is 5.18. The van der Waals surface area contributed by atoms with Crippen LogP contribution in [-0.2, 0) is 19.1 Å². The second-order valence-corrected chi connectivity index (χ2v) is 7.43. The first-order valence-corrected chi connectivity index (χ1v) is 9.82. The summed E-state index contributed by atoms with van der Waals surface area (Å²) in [7, 11) is 0. The van der Waals surface area contributed by atoms with Gasteiger partial charge in [-0.25, -0.2) is 0 Å². The van der Waals surface area contributed by atoms with Crippen LogP contribution in [0.2, 0.25) is 0 Å². The highest BCUT2D eigenvalue weighted by molar-refractivity contribution is 6.03. The Hall–Kier alpha value is -3.67. The molecule has 0 saturated carbocycles. The highest BCUT2D eigenvalue weighted by atomic mass is 16.5. The van der Waals surface area contributed by atoms with Crippen LogP contribution in [0.15, 0.2) is 66.7 Å². The van der Waals surface area contributed by atoms with Crippen molar-refractivity contribution in [2.45, 2.75) is 13.3 Å². The van der Waals surface area contributed by atoms with Gasteiger partial charge in [0, 0.05) is 29.7 Å². The average Bonchev–Trinajstić information content (AvgIpc) is 3.14. The van der Waals surface area contributed by atoms with Crippen LogP contribution in [0.25, 0.3) is 10.8 Å². The second kappa shape index (κ2) is 8.37. The van der Waals surface area contributed by atoms with Gasteiger partial charge >= 0.3 is 5.97 Å². The summed E-state index contributed by atoms with van der Waals surface area (Å²) >= 11 is 0. The lowest BCUT2D eigenvalue weighted by Crippen LogP contribution is -2.28. The van der Waals surface area contributed by atoms with Gasteiger partial charge in [-0.15, -0.1) is 0 Å². The molecule has 152 valence electrons. The van der Waals surface area contributed by atoms with E-state index in [0.717, 1.165) is 22.0 Å². The Morgan fingerprint density at radius 2 is 1.83 bits per heavy atom. The zero-order chi connectivity index (χ0) is 21.1. The quantitative estimate of drug-likeness (QED) is 0.661. The zero-order valence-corrected chi connectivity index (χ0v) is 16.6. The number of rotatable bonds is 5. The number of carbonyl (C=O) groups is 3. The minimum atomic E-state index is -0.580. The maximum atomic E-state index is 12.4. The van der Waals surface area contributed by atoms with Gasteiger partial charge in [0.1, 0.15) is 0 Å². The summed E-state index contributed by atoms with van der Waals surface area (Å²) in [6.07, 6.45) is 0.0811. The SMILES string of the molecule is Cc1cccc(N2C[C@@H](C(=O)OCC(=O)Nc3cccc4ccccc34)CC2=O)c1. The second-order valence-electron chi connectivity index (χ2n) is 7.43. The summed E-state index contributed by atoms with van der Waals surface area (Å²) in [5.74, 6) is -1.66. The van der Waals surface area contributed by atoms with E-state index in [-0.39, 0.29) is 18.9 Å². The van der Waals surface area contributed by atoms with Gasteiger partial charge in [0.15, 0.2) is 6.61 Å². The molecule has 0 bridgehead atoms. The molecule has 0 radical (unpaired) electrons. The summed E-state index contributed by atoms with van der Waals surface area (Å²) in [5.41, 5.74) is 2.47. The fourth-order valence-corrected chi connectivity index (χ4v) is 3.69. The lowest BCUT2D eigenvalue weighted by Gasteiger charge is -2.17. The van der Waals surface area contributed by atoms with E-state index in [9.17, 15) is 14.4 Å².